The molecule has 0 heterocycles. The Morgan fingerprint density at radius 2 is 0.806 bits per heavy atom. The van der Waals surface area contributed by atoms with Crippen LogP contribution in [0.4, 0.5) is 34.1 Å². The van der Waals surface area contributed by atoms with E-state index < -0.39 is 5.41 Å². The Morgan fingerprint density at radius 3 is 1.37 bits per heavy atom. The molecule has 0 aromatic heterocycles. The molecule has 4 atom stereocenters. The van der Waals surface area contributed by atoms with Crippen molar-refractivity contribution in [3.8, 4) is 33.4 Å². The molecule has 5 aliphatic carbocycles. The normalized spacial score (nSPS) is 20.5. The first-order valence-corrected chi connectivity index (χ1v) is 24.5. The summed E-state index contributed by atoms with van der Waals surface area (Å²) in [5, 5.41) is 0. The molecule has 4 unspecified atom stereocenters. The number of anilines is 6. The third-order valence-electron chi connectivity index (χ3n) is 16.7. The highest BCUT2D eigenvalue weighted by Crippen LogP contribution is 2.64. The Kier molecular flexibility index (Phi) is 8.42. The number of hydrogen-bond acceptors (Lipinski definition) is 2. The second-order valence-corrected chi connectivity index (χ2v) is 20.4. The second-order valence-electron chi connectivity index (χ2n) is 20.4. The fourth-order valence-corrected chi connectivity index (χ4v) is 13.9. The summed E-state index contributed by atoms with van der Waals surface area (Å²) < 4.78 is 0. The van der Waals surface area contributed by atoms with Gasteiger partial charge in [-0.05, 0) is 176 Å². The molecule has 67 heavy (non-hydrogen) atoms. The van der Waals surface area contributed by atoms with Crippen molar-refractivity contribution in [1.29, 1.82) is 0 Å². The van der Waals surface area contributed by atoms with Crippen LogP contribution in [0.2, 0.25) is 0 Å². The topological polar surface area (TPSA) is 6.48 Å². The van der Waals surface area contributed by atoms with Crippen LogP contribution in [0.1, 0.15) is 84.4 Å². The van der Waals surface area contributed by atoms with Gasteiger partial charge >= 0.3 is 0 Å². The first kappa shape index (κ1) is 38.8. The number of nitrogens with zero attached hydrogens (tertiary/aromatic N) is 2. The summed E-state index contributed by atoms with van der Waals surface area (Å²) in [6, 6.07) is 80.7. The Morgan fingerprint density at radius 1 is 0.358 bits per heavy atom. The van der Waals surface area contributed by atoms with E-state index in [0.29, 0.717) is 5.92 Å². The number of benzene rings is 9. The van der Waals surface area contributed by atoms with Crippen LogP contribution in [0.5, 0.6) is 0 Å². The van der Waals surface area contributed by atoms with Gasteiger partial charge in [-0.25, -0.2) is 0 Å². The Hall–Kier alpha value is -7.42. The predicted octanol–water partition coefficient (Wildman–Crippen LogP) is 17.2. The molecule has 0 N–H and O–H groups in total. The van der Waals surface area contributed by atoms with Crippen molar-refractivity contribution in [3.05, 3.63) is 251 Å². The molecule has 2 fully saturated rings. The molecule has 2 bridgehead atoms. The molecule has 0 saturated heterocycles. The van der Waals surface area contributed by atoms with Gasteiger partial charge in [0, 0.05) is 39.5 Å². The lowest BCUT2D eigenvalue weighted by atomic mass is 9.70. The zero-order valence-corrected chi connectivity index (χ0v) is 38.2. The highest BCUT2D eigenvalue weighted by Gasteiger charge is 2.52. The molecule has 5 aliphatic rings. The molecule has 1 spiro atoms. The fourth-order valence-electron chi connectivity index (χ4n) is 13.9. The van der Waals surface area contributed by atoms with Crippen LogP contribution in [0.25, 0.3) is 33.4 Å². The van der Waals surface area contributed by atoms with Crippen LogP contribution in [0.3, 0.4) is 0 Å². The minimum absolute atomic E-state index is 0.117. The predicted molar refractivity (Wildman–Crippen MR) is 278 cm³/mol. The average molecular weight is 861 g/mol. The Balaban J connectivity index is 0.989. The summed E-state index contributed by atoms with van der Waals surface area (Å²) in [6.45, 7) is 4.76. The van der Waals surface area contributed by atoms with E-state index in [0.717, 1.165) is 28.9 Å². The highest BCUT2D eigenvalue weighted by atomic mass is 15.2. The third kappa shape index (κ3) is 5.50. The molecule has 9 aromatic carbocycles. The van der Waals surface area contributed by atoms with Crippen molar-refractivity contribution in [3.63, 3.8) is 0 Å². The van der Waals surface area contributed by atoms with Crippen LogP contribution in [0.15, 0.2) is 212 Å². The van der Waals surface area contributed by atoms with Crippen LogP contribution in [0, 0.1) is 11.8 Å². The van der Waals surface area contributed by atoms with Gasteiger partial charge in [0.15, 0.2) is 0 Å². The highest BCUT2D eigenvalue weighted by molar-refractivity contribution is 5.98. The average Bonchev–Trinajstić information content (AvgIpc) is 4.19. The second kappa shape index (κ2) is 14.5. The van der Waals surface area contributed by atoms with Gasteiger partial charge in [-0.1, -0.05) is 166 Å². The van der Waals surface area contributed by atoms with E-state index in [2.05, 4.69) is 236 Å². The quantitative estimate of drug-likeness (QED) is 0.158. The molecule has 2 heteroatoms. The molecule has 2 nitrogen and oxygen atoms in total. The van der Waals surface area contributed by atoms with Crippen molar-refractivity contribution >= 4 is 34.1 Å². The van der Waals surface area contributed by atoms with E-state index in [1.807, 2.05) is 0 Å². The molecular weight excluding hydrogens is 809 g/mol. The van der Waals surface area contributed by atoms with Gasteiger partial charge in [0.1, 0.15) is 0 Å². The summed E-state index contributed by atoms with van der Waals surface area (Å²) >= 11 is 0. The van der Waals surface area contributed by atoms with Gasteiger partial charge in [0.2, 0.25) is 0 Å². The van der Waals surface area contributed by atoms with Crippen molar-refractivity contribution < 1.29 is 0 Å². The van der Waals surface area contributed by atoms with E-state index in [1.54, 1.807) is 0 Å². The monoisotopic (exact) mass is 860 g/mol. The third-order valence-corrected chi connectivity index (χ3v) is 16.7. The molecule has 14 rings (SSSR count). The van der Waals surface area contributed by atoms with E-state index >= 15 is 0 Å². The van der Waals surface area contributed by atoms with Gasteiger partial charge in [-0.15, -0.1) is 0 Å². The van der Waals surface area contributed by atoms with Crippen molar-refractivity contribution in [1.82, 2.24) is 0 Å². The summed E-state index contributed by atoms with van der Waals surface area (Å²) in [7, 11) is 0. The number of rotatable bonds is 7. The van der Waals surface area contributed by atoms with Crippen LogP contribution in [-0.2, 0) is 10.8 Å². The lowest BCUT2D eigenvalue weighted by molar-refractivity contribution is 0.420. The van der Waals surface area contributed by atoms with E-state index in [1.165, 1.54) is 115 Å². The van der Waals surface area contributed by atoms with E-state index in [-0.39, 0.29) is 5.41 Å². The van der Waals surface area contributed by atoms with Crippen LogP contribution < -0.4 is 9.80 Å². The number of hydrogen-bond donors (Lipinski definition) is 0. The molecule has 9 aromatic rings. The summed E-state index contributed by atoms with van der Waals surface area (Å²) in [5.41, 5.74) is 24.0. The summed E-state index contributed by atoms with van der Waals surface area (Å²) in [5.74, 6) is 2.23. The molecule has 322 valence electrons. The van der Waals surface area contributed by atoms with Gasteiger partial charge in [-0.3, -0.25) is 0 Å². The van der Waals surface area contributed by atoms with Gasteiger partial charge in [0.05, 0.1) is 5.41 Å². The number of fused-ring (bicyclic) bond motifs is 15. The SMILES string of the molecule is CC1(C)c2ccccc2-c2ccc(N(c3ccccc3)c3ccc4c(c3)C3(c5ccccc5-4)c4ccccc4-c4ccc(N(c5ccccc5)c5ccccc5C5CC6CCC5C6)cc43)cc21. The standard InChI is InChI=1S/C65H52N2/c1-64(2)57-25-13-9-21-49(57)52-34-31-46(39-60(52)64)66(44-17-5-3-6-18-44)47-32-35-53-50-22-10-14-26-58(50)65(61(53)40-47)59-27-15-11-23-51(59)54-36-33-48(41-62(54)65)67(45-19-7-4-8-20-45)63-28-16-12-24-55(63)56-38-42-29-30-43(56)37-42/h3-28,31-36,39-43,56H,29-30,37-38H2,1-2H3. The largest absolute Gasteiger partial charge is 0.310 e. The molecular formula is C65H52N2. The lowest BCUT2D eigenvalue weighted by Crippen LogP contribution is -2.26. The molecule has 0 aliphatic heterocycles. The maximum Gasteiger partial charge on any atom is 0.0727 e. The first-order valence-electron chi connectivity index (χ1n) is 24.5. The zero-order valence-electron chi connectivity index (χ0n) is 38.2. The van der Waals surface area contributed by atoms with E-state index in [4.69, 9.17) is 0 Å². The molecule has 0 radical (unpaired) electrons. The minimum atomic E-state index is -0.541. The zero-order chi connectivity index (χ0) is 44.4. The van der Waals surface area contributed by atoms with Crippen molar-refractivity contribution in [2.24, 2.45) is 11.8 Å². The Bertz CT molecular complexity index is 3420. The number of para-hydroxylation sites is 3. The van der Waals surface area contributed by atoms with Gasteiger partial charge in [0.25, 0.3) is 0 Å². The van der Waals surface area contributed by atoms with Crippen LogP contribution >= 0.6 is 0 Å². The Labute approximate surface area is 394 Å². The lowest BCUT2D eigenvalue weighted by Gasteiger charge is -2.34. The molecule has 2 saturated carbocycles. The maximum atomic E-state index is 2.57. The van der Waals surface area contributed by atoms with Gasteiger partial charge < -0.3 is 9.80 Å². The van der Waals surface area contributed by atoms with Gasteiger partial charge in [-0.2, -0.15) is 0 Å². The van der Waals surface area contributed by atoms with E-state index in [9.17, 15) is 0 Å². The minimum Gasteiger partial charge on any atom is -0.310 e. The first-order chi connectivity index (χ1) is 33.0. The van der Waals surface area contributed by atoms with Crippen molar-refractivity contribution in [2.75, 3.05) is 9.80 Å². The summed E-state index contributed by atoms with van der Waals surface area (Å²) in [6.07, 6.45) is 5.44. The maximum absolute atomic E-state index is 2.57. The van der Waals surface area contributed by atoms with Crippen LogP contribution in [-0.4, -0.2) is 0 Å². The molecule has 0 amide bonds. The fraction of sp³-hybridized carbons (Fsp3) is 0.169. The summed E-state index contributed by atoms with van der Waals surface area (Å²) in [4.78, 5) is 5.06. The smallest absolute Gasteiger partial charge is 0.0727 e. The van der Waals surface area contributed by atoms with Crippen molar-refractivity contribution in [2.45, 2.75) is 56.3 Å².